The molecule has 1 fully saturated rings. The van der Waals surface area contributed by atoms with Gasteiger partial charge in [0, 0.05) is 23.1 Å². The summed E-state index contributed by atoms with van der Waals surface area (Å²) in [5, 5.41) is 1.21. The number of carbonyl (C=O) groups excluding carboxylic acids is 1. The minimum atomic E-state index is -0.0490. The second-order valence-corrected chi connectivity index (χ2v) is 9.98. The summed E-state index contributed by atoms with van der Waals surface area (Å²) in [6, 6.07) is 24.1. The van der Waals surface area contributed by atoms with E-state index in [1.807, 2.05) is 36.4 Å². The summed E-state index contributed by atoms with van der Waals surface area (Å²) in [7, 11) is 0. The van der Waals surface area contributed by atoms with Crippen LogP contribution in [0.2, 0.25) is 10.0 Å². The first-order valence-electron chi connectivity index (χ1n) is 12.0. The number of fused-ring (bicyclic) bond motifs is 1. The maximum atomic E-state index is 12.7. The molecule has 0 unspecified atom stereocenters. The van der Waals surface area contributed by atoms with Gasteiger partial charge in [-0.3, -0.25) is 9.69 Å². The fourth-order valence-corrected chi connectivity index (χ4v) is 5.49. The number of anilines is 1. The summed E-state index contributed by atoms with van der Waals surface area (Å²) in [5.41, 5.74) is 4.33. The predicted octanol–water partition coefficient (Wildman–Crippen LogP) is 6.68. The van der Waals surface area contributed by atoms with Crippen LogP contribution in [0.5, 0.6) is 5.75 Å². The molecule has 0 aromatic heterocycles. The molecule has 3 aromatic rings. The lowest BCUT2D eigenvalue weighted by atomic mass is 9.89. The molecule has 0 spiro atoms. The van der Waals surface area contributed by atoms with Crippen LogP contribution in [0.4, 0.5) is 5.69 Å². The van der Waals surface area contributed by atoms with E-state index < -0.39 is 0 Å². The fourth-order valence-electron chi connectivity index (χ4n) is 4.96. The normalized spacial score (nSPS) is 17.3. The Morgan fingerprint density at radius 2 is 1.63 bits per heavy atom. The quantitative estimate of drug-likeness (QED) is 0.373. The number of likely N-dealkylation sites (tertiary alicyclic amines) is 1. The van der Waals surface area contributed by atoms with Crippen molar-refractivity contribution in [1.29, 1.82) is 0 Å². The third kappa shape index (κ3) is 5.72. The molecule has 35 heavy (non-hydrogen) atoms. The molecule has 4 nitrogen and oxygen atoms in total. The maximum Gasteiger partial charge on any atom is 0.265 e. The van der Waals surface area contributed by atoms with Crippen LogP contribution in [0, 0.1) is 0 Å². The van der Waals surface area contributed by atoms with Crippen molar-refractivity contribution in [3.8, 4) is 5.75 Å². The largest absolute Gasteiger partial charge is 0.482 e. The minimum Gasteiger partial charge on any atom is -0.482 e. The van der Waals surface area contributed by atoms with Crippen molar-refractivity contribution in [1.82, 2.24) is 4.90 Å². The second kappa shape index (κ2) is 10.9. The Bertz CT molecular complexity index is 1200. The maximum absolute atomic E-state index is 12.7. The number of halogens is 2. The molecule has 1 amide bonds. The zero-order chi connectivity index (χ0) is 24.2. The van der Waals surface area contributed by atoms with Crippen LogP contribution >= 0.6 is 23.2 Å². The Kier molecular flexibility index (Phi) is 7.43. The number of para-hydroxylation sites is 2. The third-order valence-corrected chi connectivity index (χ3v) is 7.25. The van der Waals surface area contributed by atoms with E-state index in [0.29, 0.717) is 22.5 Å². The number of nitrogens with zero attached hydrogens (tertiary/aromatic N) is 2. The highest BCUT2D eigenvalue weighted by Crippen LogP contribution is 2.33. The van der Waals surface area contributed by atoms with Crippen molar-refractivity contribution in [2.45, 2.75) is 18.8 Å². The van der Waals surface area contributed by atoms with E-state index in [1.54, 1.807) is 11.0 Å². The van der Waals surface area contributed by atoms with Crippen molar-refractivity contribution in [3.63, 3.8) is 0 Å². The number of hydrogen-bond acceptors (Lipinski definition) is 3. The first-order chi connectivity index (χ1) is 17.1. The van der Waals surface area contributed by atoms with Gasteiger partial charge in [0.15, 0.2) is 6.61 Å². The lowest BCUT2D eigenvalue weighted by Gasteiger charge is -2.33. The van der Waals surface area contributed by atoms with Crippen molar-refractivity contribution < 1.29 is 9.53 Å². The van der Waals surface area contributed by atoms with E-state index in [2.05, 4.69) is 41.3 Å². The van der Waals surface area contributed by atoms with Gasteiger partial charge in [0.1, 0.15) is 5.75 Å². The first-order valence-corrected chi connectivity index (χ1v) is 12.8. The molecular formula is C29H28Cl2N2O2. The Labute approximate surface area is 216 Å². The highest BCUT2D eigenvalue weighted by atomic mass is 35.5. The Hall–Kier alpha value is -2.79. The SMILES string of the molecule is O=C1COc2ccccc2N1C/C=C(\CN1CCC(c2ccccc2)CC1)c1cc(Cl)cc(Cl)c1. The number of carbonyl (C=O) groups is 1. The van der Waals surface area contributed by atoms with Gasteiger partial charge in [-0.2, -0.15) is 0 Å². The Morgan fingerprint density at radius 3 is 2.37 bits per heavy atom. The number of hydrogen-bond donors (Lipinski definition) is 0. The van der Waals surface area contributed by atoms with Crippen LogP contribution in [0.3, 0.4) is 0 Å². The zero-order valence-electron chi connectivity index (χ0n) is 19.5. The van der Waals surface area contributed by atoms with Gasteiger partial charge in [-0.25, -0.2) is 0 Å². The van der Waals surface area contributed by atoms with Crippen molar-refractivity contribution in [2.24, 2.45) is 0 Å². The number of ether oxygens (including phenoxy) is 1. The average molecular weight is 507 g/mol. The molecule has 2 aliphatic rings. The Morgan fingerprint density at radius 1 is 0.943 bits per heavy atom. The van der Waals surface area contributed by atoms with Crippen molar-refractivity contribution in [3.05, 3.63) is 100 Å². The van der Waals surface area contributed by atoms with Gasteiger partial charge in [-0.05, 0) is 78.9 Å². The van der Waals surface area contributed by atoms with E-state index in [0.717, 1.165) is 55.0 Å². The Balaban J connectivity index is 1.36. The monoisotopic (exact) mass is 506 g/mol. The van der Waals surface area contributed by atoms with Gasteiger partial charge >= 0.3 is 0 Å². The highest BCUT2D eigenvalue weighted by molar-refractivity contribution is 6.34. The molecule has 0 radical (unpaired) electrons. The zero-order valence-corrected chi connectivity index (χ0v) is 21.0. The van der Waals surface area contributed by atoms with Crippen LogP contribution in [0.25, 0.3) is 5.57 Å². The molecular weight excluding hydrogens is 479 g/mol. The van der Waals surface area contributed by atoms with Gasteiger partial charge in [-0.15, -0.1) is 0 Å². The lowest BCUT2D eigenvalue weighted by Crippen LogP contribution is -2.39. The van der Waals surface area contributed by atoms with E-state index in [9.17, 15) is 4.79 Å². The molecule has 1 saturated heterocycles. The molecule has 2 aliphatic heterocycles. The number of amides is 1. The summed E-state index contributed by atoms with van der Waals surface area (Å²) in [4.78, 5) is 17.0. The van der Waals surface area contributed by atoms with Crippen LogP contribution in [-0.2, 0) is 4.79 Å². The van der Waals surface area contributed by atoms with Gasteiger partial charge in [0.05, 0.1) is 5.69 Å². The van der Waals surface area contributed by atoms with E-state index in [4.69, 9.17) is 27.9 Å². The lowest BCUT2D eigenvalue weighted by molar-refractivity contribution is -0.121. The molecule has 0 aliphatic carbocycles. The van der Waals surface area contributed by atoms with Crippen LogP contribution in [0.15, 0.2) is 78.9 Å². The molecule has 5 rings (SSSR count). The summed E-state index contributed by atoms with van der Waals surface area (Å²) in [6.07, 6.45) is 4.39. The molecule has 0 bridgehead atoms. The molecule has 180 valence electrons. The molecule has 2 heterocycles. The number of rotatable bonds is 6. The summed E-state index contributed by atoms with van der Waals surface area (Å²) < 4.78 is 5.60. The van der Waals surface area contributed by atoms with Crippen LogP contribution < -0.4 is 9.64 Å². The summed E-state index contributed by atoms with van der Waals surface area (Å²) in [5.74, 6) is 1.28. The number of piperidine rings is 1. The smallest absolute Gasteiger partial charge is 0.265 e. The summed E-state index contributed by atoms with van der Waals surface area (Å²) >= 11 is 12.7. The third-order valence-electron chi connectivity index (χ3n) is 6.81. The van der Waals surface area contributed by atoms with Gasteiger partial charge < -0.3 is 9.64 Å². The van der Waals surface area contributed by atoms with Gasteiger partial charge in [0.25, 0.3) is 5.91 Å². The molecule has 0 atom stereocenters. The topological polar surface area (TPSA) is 32.8 Å². The predicted molar refractivity (Wildman–Crippen MR) is 144 cm³/mol. The van der Waals surface area contributed by atoms with Gasteiger partial charge in [0.2, 0.25) is 0 Å². The van der Waals surface area contributed by atoms with E-state index in [-0.39, 0.29) is 12.5 Å². The van der Waals surface area contributed by atoms with Crippen molar-refractivity contribution >= 4 is 40.4 Å². The van der Waals surface area contributed by atoms with E-state index >= 15 is 0 Å². The molecule has 0 N–H and O–H groups in total. The summed E-state index contributed by atoms with van der Waals surface area (Å²) in [6.45, 7) is 3.32. The van der Waals surface area contributed by atoms with Crippen molar-refractivity contribution in [2.75, 3.05) is 37.7 Å². The molecule has 3 aromatic carbocycles. The highest BCUT2D eigenvalue weighted by Gasteiger charge is 2.25. The number of benzene rings is 3. The minimum absolute atomic E-state index is 0.0490. The van der Waals surface area contributed by atoms with Crippen LogP contribution in [-0.4, -0.2) is 43.6 Å². The van der Waals surface area contributed by atoms with E-state index in [1.165, 1.54) is 5.56 Å². The average Bonchev–Trinajstić information content (AvgIpc) is 2.87. The second-order valence-electron chi connectivity index (χ2n) is 9.11. The molecule has 6 heteroatoms. The van der Waals surface area contributed by atoms with Crippen LogP contribution in [0.1, 0.15) is 29.9 Å². The first kappa shape index (κ1) is 23.9. The molecule has 0 saturated carbocycles. The van der Waals surface area contributed by atoms with Gasteiger partial charge in [-0.1, -0.05) is 71.7 Å². The standard InChI is InChI=1S/C29H28Cl2N2O2/c30-25-16-24(17-26(31)18-25)23(12-15-33-27-8-4-5-9-28(27)35-20-29(33)34)19-32-13-10-22(11-14-32)21-6-2-1-3-7-21/h1-9,12,16-18,22H,10-11,13-15,19-20H2/b23-12+. The fraction of sp³-hybridized carbons (Fsp3) is 0.276.